The van der Waals surface area contributed by atoms with Crippen molar-refractivity contribution in [2.75, 3.05) is 0 Å². The lowest BCUT2D eigenvalue weighted by molar-refractivity contribution is 0.103. The summed E-state index contributed by atoms with van der Waals surface area (Å²) in [5, 5.41) is 0. The Kier molecular flexibility index (Phi) is 3.47. The molecule has 5 rings (SSSR count). The predicted octanol–water partition coefficient (Wildman–Crippen LogP) is 4.40. The van der Waals surface area contributed by atoms with Gasteiger partial charge in [0.05, 0.1) is 5.41 Å². The Morgan fingerprint density at radius 3 is 1.41 bits per heavy atom. The lowest BCUT2D eigenvalue weighted by Gasteiger charge is -2.41. The Labute approximate surface area is 157 Å². The van der Waals surface area contributed by atoms with E-state index in [1.165, 1.54) is 0 Å². The standard InChI is InChI=1S/C24H16N2O/c27-23-19-5-1-3-7-21(19)24(17-9-13-25-14-10-17,18-11-15-26-16-12-18)22-8-4-2-6-20(22)23/h1-16H. The van der Waals surface area contributed by atoms with Gasteiger partial charge in [-0.1, -0.05) is 48.5 Å². The second kappa shape index (κ2) is 5.99. The number of nitrogens with zero attached hydrogens (tertiary/aromatic N) is 2. The van der Waals surface area contributed by atoms with Gasteiger partial charge in [0, 0.05) is 35.9 Å². The predicted molar refractivity (Wildman–Crippen MR) is 104 cm³/mol. The molecule has 0 unspecified atom stereocenters. The van der Waals surface area contributed by atoms with Crippen LogP contribution in [0.4, 0.5) is 0 Å². The van der Waals surface area contributed by atoms with E-state index in [0.717, 1.165) is 33.4 Å². The number of ketones is 1. The highest BCUT2D eigenvalue weighted by molar-refractivity contribution is 6.14. The summed E-state index contributed by atoms with van der Waals surface area (Å²) in [4.78, 5) is 21.7. The molecule has 1 aliphatic carbocycles. The van der Waals surface area contributed by atoms with Gasteiger partial charge in [0.15, 0.2) is 5.78 Å². The molecule has 1 aliphatic rings. The smallest absolute Gasteiger partial charge is 0.193 e. The van der Waals surface area contributed by atoms with Gasteiger partial charge in [-0.15, -0.1) is 0 Å². The average molecular weight is 348 g/mol. The first-order chi connectivity index (χ1) is 13.3. The summed E-state index contributed by atoms with van der Waals surface area (Å²) in [5.41, 5.74) is 5.03. The maximum atomic E-state index is 13.2. The SMILES string of the molecule is O=C1c2ccccc2C(c2ccncc2)(c2ccncc2)c2ccccc21. The Hall–Kier alpha value is -3.59. The third-order valence-electron chi connectivity index (χ3n) is 5.38. The molecule has 0 saturated heterocycles. The van der Waals surface area contributed by atoms with Crippen molar-refractivity contribution in [1.29, 1.82) is 0 Å². The van der Waals surface area contributed by atoms with Crippen molar-refractivity contribution in [2.24, 2.45) is 0 Å². The molecule has 0 spiro atoms. The summed E-state index contributed by atoms with van der Waals surface area (Å²) >= 11 is 0. The van der Waals surface area contributed by atoms with Crippen molar-refractivity contribution in [3.8, 4) is 0 Å². The van der Waals surface area contributed by atoms with Crippen molar-refractivity contribution in [3.63, 3.8) is 0 Å². The molecule has 0 fully saturated rings. The molecule has 2 aromatic heterocycles. The maximum Gasteiger partial charge on any atom is 0.193 e. The molecule has 4 aromatic rings. The highest BCUT2D eigenvalue weighted by Gasteiger charge is 2.46. The van der Waals surface area contributed by atoms with Gasteiger partial charge in [0.2, 0.25) is 0 Å². The van der Waals surface area contributed by atoms with E-state index < -0.39 is 5.41 Å². The zero-order valence-electron chi connectivity index (χ0n) is 14.5. The fraction of sp³-hybridized carbons (Fsp3) is 0.0417. The molecule has 0 aliphatic heterocycles. The monoisotopic (exact) mass is 348 g/mol. The van der Waals surface area contributed by atoms with Crippen LogP contribution in [-0.4, -0.2) is 15.8 Å². The summed E-state index contributed by atoms with van der Waals surface area (Å²) in [6.07, 6.45) is 7.22. The van der Waals surface area contributed by atoms with Crippen LogP contribution in [0.2, 0.25) is 0 Å². The van der Waals surface area contributed by atoms with Crippen LogP contribution in [0.5, 0.6) is 0 Å². The van der Waals surface area contributed by atoms with Crippen LogP contribution in [0.1, 0.15) is 38.2 Å². The number of fused-ring (bicyclic) bond motifs is 2. The summed E-state index contributed by atoms with van der Waals surface area (Å²) in [6, 6.07) is 23.9. The zero-order chi connectivity index (χ0) is 18.3. The lowest BCUT2D eigenvalue weighted by Crippen LogP contribution is -2.38. The fourth-order valence-electron chi connectivity index (χ4n) is 4.30. The molecule has 128 valence electrons. The van der Waals surface area contributed by atoms with Crippen molar-refractivity contribution in [1.82, 2.24) is 9.97 Å². The molecule has 3 heteroatoms. The number of hydrogen-bond donors (Lipinski definition) is 0. The van der Waals surface area contributed by atoms with Gasteiger partial charge in [0.1, 0.15) is 0 Å². The van der Waals surface area contributed by atoms with Crippen molar-refractivity contribution < 1.29 is 4.79 Å². The Balaban J connectivity index is 2.01. The van der Waals surface area contributed by atoms with E-state index in [4.69, 9.17) is 0 Å². The van der Waals surface area contributed by atoms with Crippen LogP contribution in [0.25, 0.3) is 0 Å². The van der Waals surface area contributed by atoms with Crippen LogP contribution in [0.3, 0.4) is 0 Å². The number of benzene rings is 2. The highest BCUT2D eigenvalue weighted by Crippen LogP contribution is 2.50. The number of pyridine rings is 2. The Bertz CT molecular complexity index is 1050. The van der Waals surface area contributed by atoms with Crippen LogP contribution < -0.4 is 0 Å². The third-order valence-corrected chi connectivity index (χ3v) is 5.38. The van der Waals surface area contributed by atoms with Crippen LogP contribution in [0.15, 0.2) is 97.6 Å². The Morgan fingerprint density at radius 1 is 0.556 bits per heavy atom. The molecular weight excluding hydrogens is 332 g/mol. The molecular formula is C24H16N2O. The number of carbonyl (C=O) groups excluding carboxylic acids is 1. The quantitative estimate of drug-likeness (QED) is 0.475. The van der Waals surface area contributed by atoms with E-state index in [9.17, 15) is 4.79 Å². The normalized spacial score (nSPS) is 14.3. The number of carbonyl (C=O) groups is 1. The third kappa shape index (κ3) is 2.12. The first kappa shape index (κ1) is 15.6. The molecule has 0 atom stereocenters. The van der Waals surface area contributed by atoms with Crippen LogP contribution >= 0.6 is 0 Å². The molecule has 3 nitrogen and oxygen atoms in total. The molecule has 0 N–H and O–H groups in total. The minimum absolute atomic E-state index is 0.0694. The summed E-state index contributed by atoms with van der Waals surface area (Å²) < 4.78 is 0. The minimum atomic E-state index is -0.590. The molecule has 27 heavy (non-hydrogen) atoms. The van der Waals surface area contributed by atoms with Crippen LogP contribution in [0, 0.1) is 0 Å². The molecule has 2 heterocycles. The minimum Gasteiger partial charge on any atom is -0.289 e. The molecule has 0 radical (unpaired) electrons. The second-order valence-corrected chi connectivity index (χ2v) is 6.64. The largest absolute Gasteiger partial charge is 0.289 e. The van der Waals surface area contributed by atoms with E-state index in [1.807, 2.05) is 60.7 Å². The second-order valence-electron chi connectivity index (χ2n) is 6.64. The van der Waals surface area contributed by atoms with Gasteiger partial charge in [-0.3, -0.25) is 14.8 Å². The maximum absolute atomic E-state index is 13.2. The van der Waals surface area contributed by atoms with Gasteiger partial charge >= 0.3 is 0 Å². The Morgan fingerprint density at radius 2 is 0.963 bits per heavy atom. The number of rotatable bonds is 2. The van der Waals surface area contributed by atoms with Crippen molar-refractivity contribution in [2.45, 2.75) is 5.41 Å². The highest BCUT2D eigenvalue weighted by atomic mass is 16.1. The van der Waals surface area contributed by atoms with Crippen molar-refractivity contribution >= 4 is 5.78 Å². The molecule has 2 aromatic carbocycles. The van der Waals surface area contributed by atoms with E-state index in [-0.39, 0.29) is 5.78 Å². The van der Waals surface area contributed by atoms with Gasteiger partial charge in [0.25, 0.3) is 0 Å². The van der Waals surface area contributed by atoms with Gasteiger partial charge < -0.3 is 0 Å². The zero-order valence-corrected chi connectivity index (χ0v) is 14.5. The molecule has 0 amide bonds. The topological polar surface area (TPSA) is 42.9 Å². The van der Waals surface area contributed by atoms with Gasteiger partial charge in [-0.05, 0) is 46.5 Å². The van der Waals surface area contributed by atoms with Gasteiger partial charge in [-0.2, -0.15) is 0 Å². The number of aromatic nitrogens is 2. The van der Waals surface area contributed by atoms with Gasteiger partial charge in [-0.25, -0.2) is 0 Å². The summed E-state index contributed by atoms with van der Waals surface area (Å²) in [7, 11) is 0. The summed E-state index contributed by atoms with van der Waals surface area (Å²) in [5.74, 6) is 0.0694. The average Bonchev–Trinajstić information content (AvgIpc) is 2.76. The molecule has 0 saturated carbocycles. The van der Waals surface area contributed by atoms with E-state index >= 15 is 0 Å². The van der Waals surface area contributed by atoms with E-state index in [0.29, 0.717) is 0 Å². The van der Waals surface area contributed by atoms with Crippen molar-refractivity contribution in [3.05, 3.63) is 131 Å². The first-order valence-corrected chi connectivity index (χ1v) is 8.88. The number of hydrogen-bond acceptors (Lipinski definition) is 3. The summed E-state index contributed by atoms with van der Waals surface area (Å²) in [6.45, 7) is 0. The van der Waals surface area contributed by atoms with E-state index in [2.05, 4.69) is 22.1 Å². The fourth-order valence-corrected chi connectivity index (χ4v) is 4.30. The van der Waals surface area contributed by atoms with E-state index in [1.54, 1.807) is 24.8 Å². The van der Waals surface area contributed by atoms with Crippen LogP contribution in [-0.2, 0) is 5.41 Å². The first-order valence-electron chi connectivity index (χ1n) is 8.88. The lowest BCUT2D eigenvalue weighted by atomic mass is 9.60. The molecule has 0 bridgehead atoms.